The zero-order chi connectivity index (χ0) is 20.5. The van der Waals surface area contributed by atoms with Crippen molar-refractivity contribution in [1.82, 2.24) is 9.88 Å². The van der Waals surface area contributed by atoms with E-state index in [1.54, 1.807) is 18.2 Å². The van der Waals surface area contributed by atoms with E-state index in [1.165, 1.54) is 18.3 Å². The lowest BCUT2D eigenvalue weighted by atomic mass is 10.3. The molecule has 0 aliphatic carbocycles. The molecule has 1 aromatic carbocycles. The minimum atomic E-state index is -0.613. The second-order valence-electron chi connectivity index (χ2n) is 5.65. The fourth-order valence-electron chi connectivity index (χ4n) is 2.28. The van der Waals surface area contributed by atoms with Crippen LogP contribution in [-0.2, 0) is 16.0 Å². The number of nitrogens with zero attached hydrogens (tertiary/aromatic N) is 2. The van der Waals surface area contributed by atoms with Gasteiger partial charge in [-0.3, -0.25) is 0 Å². The number of esters is 1. The maximum absolute atomic E-state index is 12.7. The number of nitrogens with one attached hydrogen (secondary N) is 1. The predicted molar refractivity (Wildman–Crippen MR) is 105 cm³/mol. The van der Waals surface area contributed by atoms with Crippen LogP contribution in [0.5, 0.6) is 0 Å². The van der Waals surface area contributed by atoms with Crippen LogP contribution in [-0.4, -0.2) is 48.8 Å². The van der Waals surface area contributed by atoms with Gasteiger partial charge >= 0.3 is 12.0 Å². The molecule has 0 spiro atoms. The van der Waals surface area contributed by atoms with Gasteiger partial charge in [-0.25, -0.2) is 14.6 Å². The third-order valence-corrected chi connectivity index (χ3v) is 4.39. The Morgan fingerprint density at radius 2 is 2.07 bits per heavy atom. The second kappa shape index (κ2) is 10.9. The van der Waals surface area contributed by atoms with Gasteiger partial charge in [0.15, 0.2) is 5.69 Å². The van der Waals surface area contributed by atoms with E-state index in [2.05, 4.69) is 15.0 Å². The van der Waals surface area contributed by atoms with Crippen LogP contribution in [0.4, 0.5) is 10.5 Å². The largest absolute Gasteiger partial charge is 0.464 e. The van der Waals surface area contributed by atoms with Crippen molar-refractivity contribution in [2.45, 2.75) is 19.9 Å². The third-order valence-electron chi connectivity index (χ3n) is 3.65. The van der Waals surface area contributed by atoms with E-state index in [0.29, 0.717) is 41.9 Å². The van der Waals surface area contributed by atoms with E-state index >= 15 is 0 Å². The van der Waals surface area contributed by atoms with E-state index in [1.807, 2.05) is 6.92 Å². The Kier molecular flexibility index (Phi) is 8.56. The molecular formula is C18H21Cl2N3O5. The molecule has 8 nitrogen and oxygen atoms in total. The number of halogens is 2. The van der Waals surface area contributed by atoms with Gasteiger partial charge in [-0.15, -0.1) is 0 Å². The zero-order valence-electron chi connectivity index (χ0n) is 15.5. The van der Waals surface area contributed by atoms with Crippen LogP contribution >= 0.6 is 23.2 Å². The molecule has 0 aliphatic heterocycles. The van der Waals surface area contributed by atoms with Crippen LogP contribution in [0.2, 0.25) is 10.0 Å². The number of hydrogen-bond donors (Lipinski definition) is 1. The van der Waals surface area contributed by atoms with Crippen LogP contribution in [0.3, 0.4) is 0 Å². The van der Waals surface area contributed by atoms with Crippen LogP contribution in [0.25, 0.3) is 0 Å². The number of rotatable bonds is 9. The minimum absolute atomic E-state index is 0.0386. The van der Waals surface area contributed by atoms with Crippen LogP contribution in [0.15, 0.2) is 28.9 Å². The highest BCUT2D eigenvalue weighted by Crippen LogP contribution is 2.25. The molecule has 0 saturated heterocycles. The second-order valence-corrected chi connectivity index (χ2v) is 6.46. The highest BCUT2D eigenvalue weighted by Gasteiger charge is 2.19. The molecule has 1 aromatic heterocycles. The van der Waals surface area contributed by atoms with E-state index in [4.69, 9.17) is 32.4 Å². The summed E-state index contributed by atoms with van der Waals surface area (Å²) in [5.41, 5.74) is 0.536. The number of benzene rings is 1. The number of oxazole rings is 1. The SMILES string of the molecule is CCOCCCN(Cc1nc(C(=O)OC)co1)C(=O)Nc1ccc(Cl)c(Cl)c1. The summed E-state index contributed by atoms with van der Waals surface area (Å²) in [6.07, 6.45) is 1.81. The molecule has 2 aromatic rings. The van der Waals surface area contributed by atoms with Gasteiger partial charge in [-0.1, -0.05) is 23.2 Å². The molecule has 0 saturated carbocycles. The van der Waals surface area contributed by atoms with Gasteiger partial charge in [-0.2, -0.15) is 0 Å². The third kappa shape index (κ3) is 6.40. The molecule has 2 amide bonds. The quantitative estimate of drug-likeness (QED) is 0.473. The van der Waals surface area contributed by atoms with Crippen molar-refractivity contribution in [3.8, 4) is 0 Å². The van der Waals surface area contributed by atoms with E-state index in [-0.39, 0.29) is 24.2 Å². The van der Waals surface area contributed by atoms with Crippen molar-refractivity contribution in [2.75, 3.05) is 32.2 Å². The van der Waals surface area contributed by atoms with Gasteiger partial charge in [0.2, 0.25) is 5.89 Å². The number of aromatic nitrogens is 1. The lowest BCUT2D eigenvalue weighted by molar-refractivity contribution is 0.0594. The van der Waals surface area contributed by atoms with Gasteiger partial charge in [0, 0.05) is 25.4 Å². The molecule has 10 heteroatoms. The Labute approximate surface area is 172 Å². The van der Waals surface area contributed by atoms with E-state index < -0.39 is 5.97 Å². The standard InChI is InChI=1S/C18H21Cl2N3O5/c1-3-27-8-4-7-23(10-16-22-15(11-28-16)17(24)26-2)18(25)21-12-5-6-13(19)14(20)9-12/h5-6,9,11H,3-4,7-8,10H2,1-2H3,(H,21,25). The highest BCUT2D eigenvalue weighted by molar-refractivity contribution is 6.42. The first-order valence-corrected chi connectivity index (χ1v) is 9.31. The Bertz CT molecular complexity index is 812. The van der Waals surface area contributed by atoms with Gasteiger partial charge in [0.05, 0.1) is 23.7 Å². The van der Waals surface area contributed by atoms with E-state index in [9.17, 15) is 9.59 Å². The molecule has 152 valence electrons. The number of carbonyl (C=O) groups is 2. The van der Waals surface area contributed by atoms with Gasteiger partial charge in [0.25, 0.3) is 0 Å². The Balaban J connectivity index is 2.08. The van der Waals surface area contributed by atoms with Crippen LogP contribution in [0, 0.1) is 0 Å². The van der Waals surface area contributed by atoms with Crippen molar-refractivity contribution in [2.24, 2.45) is 0 Å². The summed E-state index contributed by atoms with van der Waals surface area (Å²) >= 11 is 11.9. The van der Waals surface area contributed by atoms with Gasteiger partial charge < -0.3 is 24.1 Å². The lowest BCUT2D eigenvalue weighted by Crippen LogP contribution is -2.35. The Morgan fingerprint density at radius 1 is 1.29 bits per heavy atom. The van der Waals surface area contributed by atoms with Crippen LogP contribution < -0.4 is 5.32 Å². The van der Waals surface area contributed by atoms with Crippen LogP contribution in [0.1, 0.15) is 29.7 Å². The van der Waals surface area contributed by atoms with E-state index in [0.717, 1.165) is 0 Å². The van der Waals surface area contributed by atoms with Crippen molar-refractivity contribution in [3.63, 3.8) is 0 Å². The molecule has 1 N–H and O–H groups in total. The van der Waals surface area contributed by atoms with Gasteiger partial charge in [-0.05, 0) is 31.5 Å². The fraction of sp³-hybridized carbons (Fsp3) is 0.389. The van der Waals surface area contributed by atoms with Crippen molar-refractivity contribution in [3.05, 3.63) is 46.1 Å². The minimum Gasteiger partial charge on any atom is -0.464 e. The summed E-state index contributed by atoms with van der Waals surface area (Å²) in [5, 5.41) is 3.48. The van der Waals surface area contributed by atoms with Crippen molar-refractivity contribution >= 4 is 40.9 Å². The number of carbonyl (C=O) groups excluding carboxylic acids is 2. The molecule has 0 fully saturated rings. The lowest BCUT2D eigenvalue weighted by Gasteiger charge is -2.22. The monoisotopic (exact) mass is 429 g/mol. The molecule has 2 rings (SSSR count). The predicted octanol–water partition coefficient (Wildman–Crippen LogP) is 4.23. The molecule has 0 bridgehead atoms. The Morgan fingerprint density at radius 3 is 2.75 bits per heavy atom. The summed E-state index contributed by atoms with van der Waals surface area (Å²) in [6.45, 7) is 3.46. The summed E-state index contributed by atoms with van der Waals surface area (Å²) in [6, 6.07) is 4.41. The number of amides is 2. The first-order valence-electron chi connectivity index (χ1n) is 8.56. The number of anilines is 1. The van der Waals surface area contributed by atoms with Gasteiger partial charge in [0.1, 0.15) is 6.26 Å². The normalized spacial score (nSPS) is 10.6. The average molecular weight is 430 g/mol. The topological polar surface area (TPSA) is 93.9 Å². The number of hydrogen-bond acceptors (Lipinski definition) is 6. The summed E-state index contributed by atoms with van der Waals surface area (Å²) < 4.78 is 15.2. The molecule has 0 unspecified atom stereocenters. The summed E-state index contributed by atoms with van der Waals surface area (Å²) in [4.78, 5) is 29.8. The summed E-state index contributed by atoms with van der Waals surface area (Å²) in [5.74, 6) is -0.403. The number of urea groups is 1. The molecule has 28 heavy (non-hydrogen) atoms. The smallest absolute Gasteiger partial charge is 0.360 e. The summed E-state index contributed by atoms with van der Waals surface area (Å²) in [7, 11) is 1.25. The molecular weight excluding hydrogens is 409 g/mol. The fourth-order valence-corrected chi connectivity index (χ4v) is 2.57. The zero-order valence-corrected chi connectivity index (χ0v) is 17.0. The number of methoxy groups -OCH3 is 1. The maximum atomic E-state index is 12.7. The van der Waals surface area contributed by atoms with Crippen molar-refractivity contribution < 1.29 is 23.5 Å². The first-order chi connectivity index (χ1) is 13.4. The maximum Gasteiger partial charge on any atom is 0.360 e. The molecule has 0 aliphatic rings. The molecule has 1 heterocycles. The molecule has 0 radical (unpaired) electrons. The van der Waals surface area contributed by atoms with Crippen molar-refractivity contribution in [1.29, 1.82) is 0 Å². The average Bonchev–Trinajstić information content (AvgIpc) is 3.15. The molecule has 0 atom stereocenters. The first kappa shape index (κ1) is 22.0. The number of ether oxygens (including phenoxy) is 2. The highest BCUT2D eigenvalue weighted by atomic mass is 35.5. The Hall–Kier alpha value is -2.29.